The second-order valence-corrected chi connectivity index (χ2v) is 4.73. The Morgan fingerprint density at radius 3 is 2.35 bits per heavy atom. The van der Waals surface area contributed by atoms with Crippen molar-refractivity contribution in [2.75, 3.05) is 0 Å². The second kappa shape index (κ2) is 5.47. The van der Waals surface area contributed by atoms with Crippen molar-refractivity contribution in [2.45, 2.75) is 20.8 Å². The average Bonchev–Trinajstić information content (AvgIpc) is 2.72. The number of hydrogen-bond acceptors (Lipinski definition) is 2. The van der Waals surface area contributed by atoms with Gasteiger partial charge in [-0.3, -0.25) is 0 Å². The van der Waals surface area contributed by atoms with Gasteiger partial charge in [0.15, 0.2) is 0 Å². The van der Waals surface area contributed by atoms with Crippen LogP contribution in [0.15, 0.2) is 35.9 Å². The number of aryl methyl sites for hydroxylation is 2. The van der Waals surface area contributed by atoms with E-state index in [0.29, 0.717) is 0 Å². The van der Waals surface area contributed by atoms with E-state index in [1.807, 2.05) is 44.2 Å². The summed E-state index contributed by atoms with van der Waals surface area (Å²) in [7, 11) is 0. The predicted octanol–water partition coefficient (Wildman–Crippen LogP) is 3.83. The van der Waals surface area contributed by atoms with Crippen LogP contribution in [0.4, 0.5) is 0 Å². The van der Waals surface area contributed by atoms with Crippen molar-refractivity contribution in [2.24, 2.45) is 0 Å². The Kier molecular flexibility index (Phi) is 3.73. The van der Waals surface area contributed by atoms with Crippen molar-refractivity contribution >= 4 is 6.08 Å². The number of aromatic nitrogens is 1. The van der Waals surface area contributed by atoms with Crippen molar-refractivity contribution in [1.82, 2.24) is 4.57 Å². The molecule has 0 saturated carbocycles. The van der Waals surface area contributed by atoms with Gasteiger partial charge in [0.2, 0.25) is 0 Å². The lowest BCUT2D eigenvalue weighted by atomic mass is 10.1. The van der Waals surface area contributed by atoms with E-state index in [4.69, 9.17) is 10.5 Å². The molecule has 0 saturated heterocycles. The summed E-state index contributed by atoms with van der Waals surface area (Å²) in [5.74, 6) is 0. The molecular weight excluding hydrogens is 246 g/mol. The minimum Gasteiger partial charge on any atom is -0.318 e. The first kappa shape index (κ1) is 13.6. The Bertz CT molecular complexity index is 749. The highest BCUT2D eigenvalue weighted by Gasteiger charge is 2.11. The summed E-state index contributed by atoms with van der Waals surface area (Å²) < 4.78 is 2.15. The van der Waals surface area contributed by atoms with E-state index in [1.165, 1.54) is 5.56 Å². The minimum atomic E-state index is 0.120. The third-order valence-corrected chi connectivity index (χ3v) is 3.37. The van der Waals surface area contributed by atoms with E-state index >= 15 is 0 Å². The Hall–Kier alpha value is -2.78. The zero-order valence-corrected chi connectivity index (χ0v) is 11.8. The fraction of sp³-hybridized carbons (Fsp3) is 0.176. The molecule has 0 spiro atoms. The maximum absolute atomic E-state index is 8.87. The average molecular weight is 261 g/mol. The number of hydrogen-bond donors (Lipinski definition) is 0. The number of nitriles is 2. The lowest BCUT2D eigenvalue weighted by molar-refractivity contribution is 0.954. The first-order chi connectivity index (χ1) is 9.58. The number of allylic oxidation sites excluding steroid dienone is 1. The molecule has 20 heavy (non-hydrogen) atoms. The molecule has 98 valence electrons. The van der Waals surface area contributed by atoms with Crippen LogP contribution in [0.3, 0.4) is 0 Å². The minimum absolute atomic E-state index is 0.120. The Balaban J connectivity index is 2.63. The molecule has 0 bridgehead atoms. The predicted molar refractivity (Wildman–Crippen MR) is 79.2 cm³/mol. The zero-order chi connectivity index (χ0) is 14.7. The summed E-state index contributed by atoms with van der Waals surface area (Å²) >= 11 is 0. The first-order valence-corrected chi connectivity index (χ1v) is 6.35. The molecule has 1 aromatic heterocycles. The number of para-hydroxylation sites is 1. The highest BCUT2D eigenvalue weighted by atomic mass is 15.0. The van der Waals surface area contributed by atoms with Crippen molar-refractivity contribution in [3.05, 3.63) is 58.4 Å². The maximum Gasteiger partial charge on any atom is 0.130 e. The summed E-state index contributed by atoms with van der Waals surface area (Å²) in [4.78, 5) is 0. The molecule has 3 heteroatoms. The highest BCUT2D eigenvalue weighted by molar-refractivity contribution is 5.65. The van der Waals surface area contributed by atoms with E-state index in [2.05, 4.69) is 23.6 Å². The SMILES string of the molecule is Cc1ccccc1-n1c(C)cc(C=C(C#N)C#N)c1C. The van der Waals surface area contributed by atoms with Gasteiger partial charge >= 0.3 is 0 Å². The highest BCUT2D eigenvalue weighted by Crippen LogP contribution is 2.24. The third-order valence-electron chi connectivity index (χ3n) is 3.37. The smallest absolute Gasteiger partial charge is 0.130 e. The lowest BCUT2D eigenvalue weighted by Gasteiger charge is -2.12. The van der Waals surface area contributed by atoms with Gasteiger partial charge in [-0.05, 0) is 50.1 Å². The van der Waals surface area contributed by atoms with Gasteiger partial charge in [-0.2, -0.15) is 10.5 Å². The van der Waals surface area contributed by atoms with Gasteiger partial charge in [0.25, 0.3) is 0 Å². The largest absolute Gasteiger partial charge is 0.318 e. The molecule has 1 aromatic carbocycles. The first-order valence-electron chi connectivity index (χ1n) is 6.35. The van der Waals surface area contributed by atoms with Crippen LogP contribution >= 0.6 is 0 Å². The molecule has 0 amide bonds. The van der Waals surface area contributed by atoms with Crippen LogP contribution in [0.25, 0.3) is 11.8 Å². The summed E-state index contributed by atoms with van der Waals surface area (Å²) in [6, 6.07) is 13.9. The van der Waals surface area contributed by atoms with Crippen molar-refractivity contribution in [3.8, 4) is 17.8 Å². The van der Waals surface area contributed by atoms with E-state index in [0.717, 1.165) is 22.6 Å². The van der Waals surface area contributed by atoms with Gasteiger partial charge in [-0.15, -0.1) is 0 Å². The third kappa shape index (κ3) is 2.35. The van der Waals surface area contributed by atoms with E-state index in [-0.39, 0.29) is 5.57 Å². The molecule has 2 aromatic rings. The molecule has 0 atom stereocenters. The molecule has 0 unspecified atom stereocenters. The monoisotopic (exact) mass is 261 g/mol. The number of nitrogens with zero attached hydrogens (tertiary/aromatic N) is 3. The van der Waals surface area contributed by atoms with Crippen LogP contribution in [0.5, 0.6) is 0 Å². The standard InChI is InChI=1S/C17H15N3/c1-12-6-4-5-7-17(12)20-13(2)8-16(14(20)3)9-15(10-18)11-19/h4-9H,1-3H3. The molecule has 1 heterocycles. The Labute approximate surface area is 119 Å². The summed E-state index contributed by atoms with van der Waals surface area (Å²) in [5.41, 5.74) is 5.44. The van der Waals surface area contributed by atoms with Gasteiger partial charge in [0.05, 0.1) is 0 Å². The van der Waals surface area contributed by atoms with Crippen molar-refractivity contribution < 1.29 is 0 Å². The molecule has 0 aliphatic rings. The van der Waals surface area contributed by atoms with Crippen molar-refractivity contribution in [1.29, 1.82) is 10.5 Å². The van der Waals surface area contributed by atoms with Crippen LogP contribution in [0, 0.1) is 43.4 Å². The molecule has 0 aliphatic carbocycles. The zero-order valence-electron chi connectivity index (χ0n) is 11.8. The van der Waals surface area contributed by atoms with Crippen LogP contribution in [0.1, 0.15) is 22.5 Å². The number of benzene rings is 1. The molecule has 2 rings (SSSR count). The summed E-state index contributed by atoms with van der Waals surface area (Å²) in [6.45, 7) is 6.09. The fourth-order valence-electron chi connectivity index (χ4n) is 2.36. The summed E-state index contributed by atoms with van der Waals surface area (Å²) in [5, 5.41) is 17.7. The normalized spacial score (nSPS) is 9.65. The van der Waals surface area contributed by atoms with Crippen molar-refractivity contribution in [3.63, 3.8) is 0 Å². The van der Waals surface area contributed by atoms with Crippen LogP contribution in [-0.4, -0.2) is 4.57 Å². The van der Waals surface area contributed by atoms with Gasteiger partial charge in [0.1, 0.15) is 17.7 Å². The van der Waals surface area contributed by atoms with Gasteiger partial charge < -0.3 is 4.57 Å². The quantitative estimate of drug-likeness (QED) is 0.771. The topological polar surface area (TPSA) is 52.5 Å². The molecule has 3 nitrogen and oxygen atoms in total. The van der Waals surface area contributed by atoms with Gasteiger partial charge in [0, 0.05) is 17.1 Å². The van der Waals surface area contributed by atoms with Crippen LogP contribution < -0.4 is 0 Å². The summed E-state index contributed by atoms with van der Waals surface area (Å²) in [6.07, 6.45) is 1.64. The molecule has 0 aliphatic heterocycles. The Morgan fingerprint density at radius 2 is 1.75 bits per heavy atom. The van der Waals surface area contributed by atoms with E-state index in [9.17, 15) is 0 Å². The molecular formula is C17H15N3. The maximum atomic E-state index is 8.87. The van der Waals surface area contributed by atoms with Gasteiger partial charge in [-0.1, -0.05) is 18.2 Å². The number of rotatable bonds is 2. The molecule has 0 fully saturated rings. The van der Waals surface area contributed by atoms with Crippen LogP contribution in [-0.2, 0) is 0 Å². The van der Waals surface area contributed by atoms with Gasteiger partial charge in [-0.25, -0.2) is 0 Å². The fourth-order valence-corrected chi connectivity index (χ4v) is 2.36. The molecule has 0 N–H and O–H groups in total. The van der Waals surface area contributed by atoms with Crippen LogP contribution in [0.2, 0.25) is 0 Å². The molecule has 0 radical (unpaired) electrons. The second-order valence-electron chi connectivity index (χ2n) is 4.73. The van der Waals surface area contributed by atoms with E-state index < -0.39 is 0 Å². The Morgan fingerprint density at radius 1 is 1.10 bits per heavy atom. The van der Waals surface area contributed by atoms with E-state index in [1.54, 1.807) is 6.08 Å². The lowest BCUT2D eigenvalue weighted by Crippen LogP contribution is -2.01.